The minimum Gasteiger partial charge on any atom is -0.491 e. The number of benzene rings is 2. The molecule has 2 aliphatic heterocycles. The third-order valence-electron chi connectivity index (χ3n) is 7.98. The molecule has 218 valence electrons. The van der Waals surface area contributed by atoms with Crippen LogP contribution in [0, 0.1) is 12.7 Å². The van der Waals surface area contributed by atoms with E-state index < -0.39 is 11.4 Å². The van der Waals surface area contributed by atoms with Crippen LogP contribution in [0.3, 0.4) is 0 Å². The van der Waals surface area contributed by atoms with Gasteiger partial charge in [-0.05, 0) is 62.8 Å². The zero-order valence-corrected chi connectivity index (χ0v) is 23.9. The minimum absolute atomic E-state index is 0.104. The molecule has 0 bridgehead atoms. The van der Waals surface area contributed by atoms with Crippen LogP contribution in [0.1, 0.15) is 60.8 Å². The Balaban J connectivity index is 1.40. The van der Waals surface area contributed by atoms with Gasteiger partial charge >= 0.3 is 0 Å². The van der Waals surface area contributed by atoms with Crippen molar-refractivity contribution in [2.24, 2.45) is 0 Å². The third kappa shape index (κ3) is 6.12. The van der Waals surface area contributed by atoms with E-state index in [-0.39, 0.29) is 36.3 Å². The molecule has 3 heterocycles. The van der Waals surface area contributed by atoms with Gasteiger partial charge in [-0.15, -0.1) is 5.10 Å². The normalized spacial score (nSPS) is 20.2. The summed E-state index contributed by atoms with van der Waals surface area (Å²) in [6.45, 7) is 5.88. The Morgan fingerprint density at radius 3 is 2.71 bits per heavy atom. The summed E-state index contributed by atoms with van der Waals surface area (Å²) in [4.78, 5) is 31.5. The molecule has 1 atom stereocenters. The highest BCUT2D eigenvalue weighted by atomic mass is 19.1. The number of morpholine rings is 1. The second kappa shape index (κ2) is 12.8. The smallest absolute Gasteiger partial charge is 0.276 e. The SMILES string of the molecule is CCCCN1CCOc2ccccc2CCCCC2(CN(C(=O)c3nnn(-c4ccccc4F)c3C)CCO2)C1=O. The standard InChI is InChI=1S/C31H38FN5O4/c1-3-4-17-35-18-20-40-27-15-8-5-11-24(27)12-9-10-16-31(30(35)39)22-36(19-21-41-31)29(38)28-23(2)37(34-33-28)26-14-7-6-13-25(26)32/h5-8,11,13-15H,3-4,9-10,12,16-22H2,1-2H3. The number of fused-ring (bicyclic) bond motifs is 1. The number of amides is 2. The van der Waals surface area contributed by atoms with E-state index in [1.165, 1.54) is 10.7 Å². The minimum atomic E-state index is -1.16. The average Bonchev–Trinajstić information content (AvgIpc) is 3.37. The molecular formula is C31H38FN5O4. The largest absolute Gasteiger partial charge is 0.491 e. The molecule has 0 saturated carbocycles. The van der Waals surface area contributed by atoms with Crippen LogP contribution in [0.2, 0.25) is 0 Å². The van der Waals surface area contributed by atoms with Crippen LogP contribution in [0.4, 0.5) is 4.39 Å². The Hall–Kier alpha value is -3.79. The number of hydrogen-bond acceptors (Lipinski definition) is 6. The fourth-order valence-corrected chi connectivity index (χ4v) is 5.67. The first kappa shape index (κ1) is 28.7. The van der Waals surface area contributed by atoms with E-state index >= 15 is 0 Å². The third-order valence-corrected chi connectivity index (χ3v) is 7.98. The lowest BCUT2D eigenvalue weighted by atomic mass is 9.90. The average molecular weight is 564 g/mol. The van der Waals surface area contributed by atoms with Crippen LogP contribution < -0.4 is 4.74 Å². The van der Waals surface area contributed by atoms with E-state index in [1.807, 2.05) is 23.1 Å². The van der Waals surface area contributed by atoms with Gasteiger partial charge in [-0.3, -0.25) is 9.59 Å². The van der Waals surface area contributed by atoms with E-state index in [0.29, 0.717) is 38.4 Å². The maximum atomic E-state index is 14.4. The summed E-state index contributed by atoms with van der Waals surface area (Å²) in [7, 11) is 0. The Morgan fingerprint density at radius 1 is 1.07 bits per heavy atom. The topological polar surface area (TPSA) is 89.8 Å². The molecule has 2 amide bonds. The second-order valence-electron chi connectivity index (χ2n) is 10.8. The summed E-state index contributed by atoms with van der Waals surface area (Å²) in [5.41, 5.74) is 0.795. The maximum absolute atomic E-state index is 14.4. The highest BCUT2D eigenvalue weighted by Gasteiger charge is 2.47. The molecule has 41 heavy (non-hydrogen) atoms. The number of nitrogens with zero attached hydrogens (tertiary/aromatic N) is 5. The van der Waals surface area contributed by atoms with Crippen LogP contribution >= 0.6 is 0 Å². The number of ether oxygens (including phenoxy) is 2. The van der Waals surface area contributed by atoms with Gasteiger partial charge in [0.2, 0.25) is 0 Å². The number of halogens is 1. The van der Waals surface area contributed by atoms with Crippen molar-refractivity contribution in [2.75, 3.05) is 39.4 Å². The van der Waals surface area contributed by atoms with Crippen molar-refractivity contribution in [2.45, 2.75) is 58.0 Å². The first-order valence-corrected chi connectivity index (χ1v) is 14.5. The number of hydrogen-bond donors (Lipinski definition) is 0. The van der Waals surface area contributed by atoms with Crippen molar-refractivity contribution in [3.63, 3.8) is 0 Å². The number of carbonyl (C=O) groups excluding carboxylic acids is 2. The molecule has 2 aromatic carbocycles. The molecule has 3 aromatic rings. The van der Waals surface area contributed by atoms with Gasteiger partial charge in [0.15, 0.2) is 11.3 Å². The first-order valence-electron chi connectivity index (χ1n) is 14.5. The van der Waals surface area contributed by atoms with Gasteiger partial charge in [0.25, 0.3) is 11.8 Å². The van der Waals surface area contributed by atoms with Crippen LogP contribution in [0.25, 0.3) is 5.69 Å². The molecule has 1 spiro atoms. The maximum Gasteiger partial charge on any atom is 0.276 e. The molecular weight excluding hydrogens is 525 g/mol. The predicted molar refractivity (Wildman–Crippen MR) is 152 cm³/mol. The van der Waals surface area contributed by atoms with E-state index in [0.717, 1.165) is 43.4 Å². The molecule has 5 rings (SSSR count). The van der Waals surface area contributed by atoms with E-state index in [4.69, 9.17) is 9.47 Å². The van der Waals surface area contributed by atoms with Gasteiger partial charge in [0.05, 0.1) is 25.4 Å². The number of unbranched alkanes of at least 4 members (excludes halogenated alkanes) is 1. The Bertz CT molecular complexity index is 1380. The zero-order chi connectivity index (χ0) is 28.8. The van der Waals surface area contributed by atoms with Crippen LogP contribution in [-0.2, 0) is 16.0 Å². The number of para-hydroxylation sites is 2. The Morgan fingerprint density at radius 2 is 1.88 bits per heavy atom. The van der Waals surface area contributed by atoms with Crippen molar-refractivity contribution in [1.29, 1.82) is 0 Å². The van der Waals surface area contributed by atoms with Crippen molar-refractivity contribution in [3.05, 3.63) is 71.3 Å². The molecule has 1 unspecified atom stereocenters. The predicted octanol–water partition coefficient (Wildman–Crippen LogP) is 4.36. The van der Waals surface area contributed by atoms with Crippen LogP contribution in [0.5, 0.6) is 5.75 Å². The first-order chi connectivity index (χ1) is 19.9. The molecule has 9 nitrogen and oxygen atoms in total. The van der Waals surface area contributed by atoms with E-state index in [1.54, 1.807) is 30.0 Å². The Kier molecular flexibility index (Phi) is 8.97. The molecule has 1 aromatic heterocycles. The molecule has 1 saturated heterocycles. The highest BCUT2D eigenvalue weighted by Crippen LogP contribution is 2.30. The summed E-state index contributed by atoms with van der Waals surface area (Å²) >= 11 is 0. The van der Waals surface area contributed by atoms with Gasteiger partial charge < -0.3 is 19.3 Å². The Labute approximate surface area is 240 Å². The molecule has 1 fully saturated rings. The van der Waals surface area contributed by atoms with Crippen LogP contribution in [0.15, 0.2) is 48.5 Å². The second-order valence-corrected chi connectivity index (χ2v) is 10.8. The summed E-state index contributed by atoms with van der Waals surface area (Å²) in [6.07, 6.45) is 4.76. The van der Waals surface area contributed by atoms with Crippen molar-refractivity contribution in [3.8, 4) is 11.4 Å². The summed E-state index contributed by atoms with van der Waals surface area (Å²) < 4.78 is 28.2. The van der Waals surface area contributed by atoms with E-state index in [2.05, 4.69) is 23.3 Å². The van der Waals surface area contributed by atoms with Crippen molar-refractivity contribution in [1.82, 2.24) is 24.8 Å². The lowest BCUT2D eigenvalue weighted by Gasteiger charge is -2.44. The summed E-state index contributed by atoms with van der Waals surface area (Å²) in [6, 6.07) is 14.3. The molecule has 0 N–H and O–H groups in total. The number of aryl methyl sites for hydroxylation is 1. The van der Waals surface area contributed by atoms with Gasteiger partial charge in [0.1, 0.15) is 23.9 Å². The zero-order valence-electron chi connectivity index (χ0n) is 23.9. The van der Waals surface area contributed by atoms with Gasteiger partial charge in [-0.2, -0.15) is 0 Å². The number of carbonyl (C=O) groups is 2. The molecule has 0 aliphatic carbocycles. The van der Waals surface area contributed by atoms with Crippen molar-refractivity contribution < 1.29 is 23.5 Å². The number of aromatic nitrogens is 3. The lowest BCUT2D eigenvalue weighted by molar-refractivity contribution is -0.170. The molecule has 0 radical (unpaired) electrons. The lowest BCUT2D eigenvalue weighted by Crippen LogP contribution is -2.62. The van der Waals surface area contributed by atoms with E-state index in [9.17, 15) is 14.0 Å². The quantitative estimate of drug-likeness (QED) is 0.458. The van der Waals surface area contributed by atoms with Gasteiger partial charge in [-0.1, -0.05) is 48.9 Å². The number of rotatable bonds is 5. The van der Waals surface area contributed by atoms with Gasteiger partial charge in [-0.25, -0.2) is 9.07 Å². The molecule has 2 aliphatic rings. The van der Waals surface area contributed by atoms with Crippen molar-refractivity contribution >= 4 is 11.8 Å². The fraction of sp³-hybridized carbons (Fsp3) is 0.484. The summed E-state index contributed by atoms with van der Waals surface area (Å²) in [5, 5.41) is 8.20. The highest BCUT2D eigenvalue weighted by molar-refractivity contribution is 5.94. The van der Waals surface area contributed by atoms with Crippen LogP contribution in [-0.4, -0.2) is 81.6 Å². The monoisotopic (exact) mass is 563 g/mol. The summed E-state index contributed by atoms with van der Waals surface area (Å²) in [5.74, 6) is -0.0331. The fourth-order valence-electron chi connectivity index (χ4n) is 5.67. The van der Waals surface area contributed by atoms with Gasteiger partial charge in [0, 0.05) is 13.1 Å². The molecule has 10 heteroatoms.